The summed E-state index contributed by atoms with van der Waals surface area (Å²) in [5.74, 6) is -2.76. The minimum atomic E-state index is -1.11. The summed E-state index contributed by atoms with van der Waals surface area (Å²) in [6, 6.07) is 31.7. The van der Waals surface area contributed by atoms with Crippen LogP contribution in [0.1, 0.15) is 35.2 Å². The molecule has 1 N–H and O–H groups in total. The van der Waals surface area contributed by atoms with Gasteiger partial charge < -0.3 is 4.74 Å². The molecular formula is C31H27F2NO2. The first-order valence-electron chi connectivity index (χ1n) is 11.7. The maximum atomic E-state index is 15.2. The van der Waals surface area contributed by atoms with E-state index in [1.165, 1.54) is 12.1 Å². The molecule has 0 aliphatic heterocycles. The summed E-state index contributed by atoms with van der Waals surface area (Å²) in [5, 5.41) is 3.53. The lowest BCUT2D eigenvalue weighted by Crippen LogP contribution is -2.47. The van der Waals surface area contributed by atoms with E-state index in [-0.39, 0.29) is 17.7 Å². The lowest BCUT2D eigenvalue weighted by Gasteiger charge is -2.40. The molecule has 0 bridgehead atoms. The fourth-order valence-corrected chi connectivity index (χ4v) is 4.47. The lowest BCUT2D eigenvalue weighted by atomic mass is 9.75. The van der Waals surface area contributed by atoms with Gasteiger partial charge in [0.15, 0.2) is 11.6 Å². The summed E-state index contributed by atoms with van der Waals surface area (Å²) in [6.45, 7) is 5.76. The van der Waals surface area contributed by atoms with E-state index in [1.807, 2.05) is 91.0 Å². The van der Waals surface area contributed by atoms with Gasteiger partial charge in [0, 0.05) is 5.56 Å². The minimum absolute atomic E-state index is 0.0338. The Morgan fingerprint density at radius 1 is 0.806 bits per heavy atom. The van der Waals surface area contributed by atoms with Crippen LogP contribution in [-0.4, -0.2) is 12.6 Å². The predicted octanol–water partition coefficient (Wildman–Crippen LogP) is 6.71. The van der Waals surface area contributed by atoms with E-state index in [2.05, 4.69) is 11.9 Å². The van der Waals surface area contributed by atoms with Crippen molar-refractivity contribution in [3.63, 3.8) is 0 Å². The number of hydrogen-bond acceptors (Lipinski definition) is 3. The summed E-state index contributed by atoms with van der Waals surface area (Å²) in [6.07, 6.45) is 0. The summed E-state index contributed by atoms with van der Waals surface area (Å²) in [7, 11) is 0. The molecule has 0 saturated carbocycles. The number of ether oxygens (including phenoxy) is 1. The normalized spacial score (nSPS) is 12.1. The summed E-state index contributed by atoms with van der Waals surface area (Å²) >= 11 is 0. The molecule has 0 saturated heterocycles. The summed E-state index contributed by atoms with van der Waals surface area (Å²) in [5.41, 5.74) is 1.42. The zero-order chi connectivity index (χ0) is 25.5. The number of esters is 1. The second-order valence-electron chi connectivity index (χ2n) is 8.31. The third-order valence-corrected chi connectivity index (χ3v) is 6.16. The van der Waals surface area contributed by atoms with Crippen molar-refractivity contribution in [2.75, 3.05) is 6.61 Å². The Labute approximate surface area is 210 Å². The molecule has 0 heterocycles. The third-order valence-electron chi connectivity index (χ3n) is 6.16. The molecule has 0 aliphatic rings. The Morgan fingerprint density at radius 2 is 1.28 bits per heavy atom. The summed E-state index contributed by atoms with van der Waals surface area (Å²) in [4.78, 5) is 12.9. The van der Waals surface area contributed by atoms with Gasteiger partial charge in [0.25, 0.3) is 0 Å². The van der Waals surface area contributed by atoms with Gasteiger partial charge in [0.05, 0.1) is 23.8 Å². The van der Waals surface area contributed by atoms with Crippen molar-refractivity contribution in [1.82, 2.24) is 5.32 Å². The first kappa shape index (κ1) is 25.0. The molecule has 0 radical (unpaired) electrons. The van der Waals surface area contributed by atoms with Crippen LogP contribution in [0, 0.1) is 11.6 Å². The molecule has 0 fully saturated rings. The van der Waals surface area contributed by atoms with Crippen molar-refractivity contribution in [2.24, 2.45) is 0 Å². The predicted molar refractivity (Wildman–Crippen MR) is 137 cm³/mol. The average Bonchev–Trinajstić information content (AvgIpc) is 2.93. The van der Waals surface area contributed by atoms with Crippen LogP contribution in [-0.2, 0) is 15.1 Å². The molecule has 0 aromatic heterocycles. The maximum Gasteiger partial charge on any atom is 0.335 e. The van der Waals surface area contributed by atoms with Gasteiger partial charge in [-0.1, -0.05) is 110 Å². The highest BCUT2D eigenvalue weighted by molar-refractivity contribution is 5.89. The van der Waals surface area contributed by atoms with E-state index >= 15 is 4.39 Å². The lowest BCUT2D eigenvalue weighted by molar-refractivity contribution is -0.138. The Morgan fingerprint density at radius 3 is 1.72 bits per heavy atom. The molecule has 1 unspecified atom stereocenters. The Hall–Kier alpha value is -4.09. The van der Waals surface area contributed by atoms with Crippen LogP contribution in [0.15, 0.2) is 121 Å². The Kier molecular flexibility index (Phi) is 7.71. The van der Waals surface area contributed by atoms with Gasteiger partial charge in [0.1, 0.15) is 0 Å². The van der Waals surface area contributed by atoms with E-state index < -0.39 is 29.2 Å². The van der Waals surface area contributed by atoms with Gasteiger partial charge in [0.2, 0.25) is 0 Å². The zero-order valence-corrected chi connectivity index (χ0v) is 20.0. The molecule has 5 heteroatoms. The van der Waals surface area contributed by atoms with Crippen molar-refractivity contribution >= 4 is 5.97 Å². The topological polar surface area (TPSA) is 38.3 Å². The highest BCUT2D eigenvalue weighted by Crippen LogP contribution is 2.41. The van der Waals surface area contributed by atoms with Crippen LogP contribution in [0.25, 0.3) is 0 Å². The average molecular weight is 484 g/mol. The molecule has 0 aliphatic carbocycles. The first-order chi connectivity index (χ1) is 17.5. The van der Waals surface area contributed by atoms with E-state index in [0.717, 1.165) is 22.8 Å². The largest absolute Gasteiger partial charge is 0.463 e. The van der Waals surface area contributed by atoms with Crippen molar-refractivity contribution in [3.8, 4) is 0 Å². The van der Waals surface area contributed by atoms with Gasteiger partial charge in [-0.2, -0.15) is 0 Å². The number of nitrogens with one attached hydrogen (secondary N) is 1. The number of benzene rings is 4. The molecule has 4 rings (SSSR count). The highest BCUT2D eigenvalue weighted by Gasteiger charge is 2.41. The van der Waals surface area contributed by atoms with Gasteiger partial charge in [-0.25, -0.2) is 13.6 Å². The van der Waals surface area contributed by atoms with Crippen LogP contribution >= 0.6 is 0 Å². The Bertz CT molecular complexity index is 1230. The molecule has 0 spiro atoms. The SMILES string of the molecule is C=C(C(=O)OCC)C(NC(c1ccccc1)(c1ccccc1)c1ccccc1)c1cccc(F)c1F. The molecular weight excluding hydrogens is 456 g/mol. The molecule has 36 heavy (non-hydrogen) atoms. The third kappa shape index (κ3) is 4.83. The molecule has 3 nitrogen and oxygen atoms in total. The second kappa shape index (κ2) is 11.1. The van der Waals surface area contributed by atoms with Crippen molar-refractivity contribution < 1.29 is 18.3 Å². The van der Waals surface area contributed by atoms with Crippen LogP contribution in [0.2, 0.25) is 0 Å². The van der Waals surface area contributed by atoms with Crippen LogP contribution in [0.5, 0.6) is 0 Å². The van der Waals surface area contributed by atoms with Crippen LogP contribution in [0.4, 0.5) is 8.78 Å². The first-order valence-corrected chi connectivity index (χ1v) is 11.7. The van der Waals surface area contributed by atoms with Gasteiger partial charge in [-0.15, -0.1) is 0 Å². The van der Waals surface area contributed by atoms with E-state index in [4.69, 9.17) is 4.74 Å². The van der Waals surface area contributed by atoms with E-state index in [1.54, 1.807) is 6.92 Å². The number of hydrogen-bond donors (Lipinski definition) is 1. The smallest absolute Gasteiger partial charge is 0.335 e. The van der Waals surface area contributed by atoms with E-state index in [9.17, 15) is 9.18 Å². The maximum absolute atomic E-state index is 15.2. The molecule has 4 aromatic rings. The number of carbonyl (C=O) groups excluding carboxylic acids is 1. The second-order valence-corrected chi connectivity index (χ2v) is 8.31. The van der Waals surface area contributed by atoms with Gasteiger partial charge in [-0.05, 0) is 29.7 Å². The van der Waals surface area contributed by atoms with Gasteiger partial charge in [-0.3, -0.25) is 5.32 Å². The fraction of sp³-hybridized carbons (Fsp3) is 0.129. The molecule has 1 atom stereocenters. The zero-order valence-electron chi connectivity index (χ0n) is 20.0. The molecule has 182 valence electrons. The fourth-order valence-electron chi connectivity index (χ4n) is 4.47. The standard InChI is InChI=1S/C31H27F2NO2/c1-3-36-30(35)22(2)29(26-20-13-21-27(32)28(26)33)34-31(23-14-7-4-8-15-23,24-16-9-5-10-17-24)25-18-11-6-12-19-25/h4-21,29,34H,2-3H2,1H3. The molecule has 4 aromatic carbocycles. The van der Waals surface area contributed by atoms with Crippen molar-refractivity contribution in [2.45, 2.75) is 18.5 Å². The molecule has 0 amide bonds. The van der Waals surface area contributed by atoms with Crippen molar-refractivity contribution in [1.29, 1.82) is 0 Å². The van der Waals surface area contributed by atoms with Gasteiger partial charge >= 0.3 is 5.97 Å². The monoisotopic (exact) mass is 483 g/mol. The number of carbonyl (C=O) groups is 1. The number of rotatable bonds is 9. The van der Waals surface area contributed by atoms with Crippen LogP contribution in [0.3, 0.4) is 0 Å². The summed E-state index contributed by atoms with van der Waals surface area (Å²) < 4.78 is 34.9. The van der Waals surface area contributed by atoms with Crippen LogP contribution < -0.4 is 5.32 Å². The highest BCUT2D eigenvalue weighted by atomic mass is 19.2. The quantitative estimate of drug-likeness (QED) is 0.163. The number of halogens is 2. The Balaban J connectivity index is 2.01. The minimum Gasteiger partial charge on any atom is -0.463 e. The van der Waals surface area contributed by atoms with Crippen molar-refractivity contribution in [3.05, 3.63) is 155 Å². The van der Waals surface area contributed by atoms with E-state index in [0.29, 0.717) is 0 Å².